The van der Waals surface area contributed by atoms with E-state index in [1.807, 2.05) is 0 Å². The summed E-state index contributed by atoms with van der Waals surface area (Å²) < 4.78 is 82.7. The molecule has 0 aliphatic heterocycles. The van der Waals surface area contributed by atoms with Crippen LogP contribution >= 0.6 is 0 Å². The molecule has 0 aliphatic rings. The molecule has 0 aliphatic carbocycles. The maximum Gasteiger partial charge on any atom is 0.425 e. The van der Waals surface area contributed by atoms with Gasteiger partial charge in [0.15, 0.2) is 0 Å². The van der Waals surface area contributed by atoms with Gasteiger partial charge in [0.25, 0.3) is 5.97 Å². The van der Waals surface area contributed by atoms with Gasteiger partial charge in [-0.05, 0) is 19.0 Å². The van der Waals surface area contributed by atoms with Crippen LogP contribution in [0.15, 0.2) is 0 Å². The molecule has 0 aromatic heterocycles. The fraction of sp³-hybridized carbons (Fsp3) is 1.00. The van der Waals surface area contributed by atoms with Crippen molar-refractivity contribution in [2.24, 2.45) is 0 Å². The molecule has 0 N–H and O–H groups in total. The molecular formula is C13H26F4O6Si. The molecule has 0 saturated heterocycles. The van der Waals surface area contributed by atoms with Crippen LogP contribution in [0.4, 0.5) is 17.6 Å². The van der Waals surface area contributed by atoms with Crippen LogP contribution in [0.3, 0.4) is 0 Å². The van der Waals surface area contributed by atoms with E-state index in [9.17, 15) is 17.6 Å². The minimum Gasteiger partial charge on any atom is -0.398 e. The van der Waals surface area contributed by atoms with Gasteiger partial charge in [0.1, 0.15) is 6.61 Å². The van der Waals surface area contributed by atoms with Gasteiger partial charge in [-0.3, -0.25) is 4.74 Å². The van der Waals surface area contributed by atoms with Crippen LogP contribution < -0.4 is 0 Å². The van der Waals surface area contributed by atoms with Gasteiger partial charge in [-0.2, -0.15) is 17.6 Å². The second-order valence-corrected chi connectivity index (χ2v) is 8.88. The Morgan fingerprint density at radius 1 is 0.917 bits per heavy atom. The molecule has 24 heavy (non-hydrogen) atoms. The number of methoxy groups -OCH3 is 2. The number of rotatable bonds is 13. The SMILES string of the molecule is COC(C)(OC)OC(F)(F)C(F)(F)COCCC[Si](C)(OC)OC. The zero-order chi connectivity index (χ0) is 19.1. The molecule has 0 bridgehead atoms. The lowest BCUT2D eigenvalue weighted by molar-refractivity contribution is -0.474. The monoisotopic (exact) mass is 382 g/mol. The van der Waals surface area contributed by atoms with Crippen molar-refractivity contribution < 1.29 is 45.4 Å². The van der Waals surface area contributed by atoms with Crippen molar-refractivity contribution in [2.75, 3.05) is 41.7 Å². The summed E-state index contributed by atoms with van der Waals surface area (Å²) in [6.45, 7) is 1.08. The fourth-order valence-corrected chi connectivity index (χ4v) is 2.90. The van der Waals surface area contributed by atoms with Crippen molar-refractivity contribution in [1.82, 2.24) is 0 Å². The zero-order valence-corrected chi connectivity index (χ0v) is 15.8. The Hall–Kier alpha value is -0.303. The molecule has 0 heterocycles. The summed E-state index contributed by atoms with van der Waals surface area (Å²) in [7, 11) is 2.61. The smallest absolute Gasteiger partial charge is 0.398 e. The topological polar surface area (TPSA) is 55.4 Å². The minimum atomic E-state index is -4.84. The molecule has 0 saturated carbocycles. The first kappa shape index (κ1) is 23.7. The van der Waals surface area contributed by atoms with E-state index in [1.165, 1.54) is 14.2 Å². The first-order valence-electron chi connectivity index (χ1n) is 7.15. The molecular weight excluding hydrogens is 356 g/mol. The molecule has 6 nitrogen and oxygen atoms in total. The van der Waals surface area contributed by atoms with E-state index in [0.29, 0.717) is 12.5 Å². The molecule has 0 radical (unpaired) electrons. The van der Waals surface area contributed by atoms with E-state index in [4.69, 9.17) is 8.85 Å². The van der Waals surface area contributed by atoms with Crippen LogP contribution in [-0.4, -0.2) is 68.2 Å². The highest BCUT2D eigenvalue weighted by Crippen LogP contribution is 2.39. The van der Waals surface area contributed by atoms with Crippen molar-refractivity contribution in [1.29, 1.82) is 0 Å². The van der Waals surface area contributed by atoms with Crippen molar-refractivity contribution in [3.05, 3.63) is 0 Å². The number of hydrogen-bond donors (Lipinski definition) is 0. The Kier molecular flexibility index (Phi) is 9.29. The second kappa shape index (κ2) is 9.41. The van der Waals surface area contributed by atoms with Gasteiger partial charge >= 0.3 is 20.6 Å². The van der Waals surface area contributed by atoms with Crippen LogP contribution in [0.2, 0.25) is 12.6 Å². The van der Waals surface area contributed by atoms with E-state index < -0.39 is 33.2 Å². The number of halogens is 4. The first-order valence-corrected chi connectivity index (χ1v) is 9.67. The van der Waals surface area contributed by atoms with Gasteiger partial charge in [0.05, 0.1) is 0 Å². The molecule has 146 valence electrons. The second-order valence-electron chi connectivity index (χ2n) is 5.29. The maximum absolute atomic E-state index is 13.6. The molecule has 0 aromatic carbocycles. The average molecular weight is 382 g/mol. The van der Waals surface area contributed by atoms with Crippen molar-refractivity contribution in [3.63, 3.8) is 0 Å². The third-order valence-corrected chi connectivity index (χ3v) is 6.54. The number of alkyl halides is 4. The van der Waals surface area contributed by atoms with Crippen LogP contribution in [0, 0.1) is 0 Å². The van der Waals surface area contributed by atoms with E-state index in [2.05, 4.69) is 18.9 Å². The third-order valence-electron chi connectivity index (χ3n) is 3.55. The summed E-state index contributed by atoms with van der Waals surface area (Å²) in [5.41, 5.74) is 0. The van der Waals surface area contributed by atoms with Crippen LogP contribution in [0.5, 0.6) is 0 Å². The molecule has 0 amide bonds. The Bertz CT molecular complexity index is 364. The lowest BCUT2D eigenvalue weighted by Gasteiger charge is -2.33. The summed E-state index contributed by atoms with van der Waals surface area (Å²) in [6, 6.07) is 0.476. The largest absolute Gasteiger partial charge is 0.425 e. The molecule has 0 aromatic rings. The Morgan fingerprint density at radius 2 is 1.42 bits per heavy atom. The summed E-state index contributed by atoms with van der Waals surface area (Å²) >= 11 is 0. The van der Waals surface area contributed by atoms with Crippen LogP contribution in [0.25, 0.3) is 0 Å². The summed E-state index contributed by atoms with van der Waals surface area (Å²) in [5.74, 6) is -6.87. The van der Waals surface area contributed by atoms with Gasteiger partial charge in [-0.1, -0.05) is 0 Å². The van der Waals surface area contributed by atoms with Gasteiger partial charge in [-0.25, -0.2) is 0 Å². The Balaban J connectivity index is 4.47. The first-order chi connectivity index (χ1) is 10.9. The van der Waals surface area contributed by atoms with Gasteiger partial charge in [0.2, 0.25) is 0 Å². The molecule has 0 spiro atoms. The van der Waals surface area contributed by atoms with Crippen LogP contribution in [0.1, 0.15) is 13.3 Å². The predicted molar refractivity (Wildman–Crippen MR) is 79.3 cm³/mol. The summed E-state index contributed by atoms with van der Waals surface area (Å²) in [6.07, 6.45) is -4.50. The Labute approximate surface area is 140 Å². The van der Waals surface area contributed by atoms with Crippen molar-refractivity contribution in [3.8, 4) is 0 Å². The highest BCUT2D eigenvalue weighted by Gasteiger charge is 2.61. The molecule has 0 unspecified atom stereocenters. The molecule has 11 heteroatoms. The highest BCUT2D eigenvalue weighted by molar-refractivity contribution is 6.65. The van der Waals surface area contributed by atoms with Crippen LogP contribution in [-0.2, 0) is 27.8 Å². The fourth-order valence-electron chi connectivity index (χ4n) is 1.54. The van der Waals surface area contributed by atoms with Gasteiger partial charge in [-0.15, -0.1) is 0 Å². The van der Waals surface area contributed by atoms with Crippen molar-refractivity contribution in [2.45, 2.75) is 43.9 Å². The molecule has 0 rings (SSSR count). The normalized spacial score (nSPS) is 14.2. The van der Waals surface area contributed by atoms with Crippen molar-refractivity contribution >= 4 is 8.56 Å². The minimum absolute atomic E-state index is 0.146. The Morgan fingerprint density at radius 3 is 1.83 bits per heavy atom. The standard InChI is InChI=1S/C13H26F4O6Si/c1-11(18-2,19-3)23-13(16,17)12(14,15)10-22-8-7-9-24(6,20-4)21-5/h7-10H2,1-6H3. The van der Waals surface area contributed by atoms with E-state index in [0.717, 1.165) is 21.1 Å². The average Bonchev–Trinajstić information content (AvgIpc) is 2.53. The zero-order valence-electron chi connectivity index (χ0n) is 14.8. The number of ether oxygens (including phenoxy) is 4. The lowest BCUT2D eigenvalue weighted by atomic mass is 10.3. The predicted octanol–water partition coefficient (Wildman–Crippen LogP) is 2.97. The van der Waals surface area contributed by atoms with Gasteiger partial charge < -0.3 is 23.1 Å². The highest BCUT2D eigenvalue weighted by atomic mass is 28.4. The molecule has 0 fully saturated rings. The summed E-state index contributed by atoms with van der Waals surface area (Å²) in [4.78, 5) is 0. The lowest BCUT2D eigenvalue weighted by Crippen LogP contribution is -2.52. The quantitative estimate of drug-likeness (QED) is 0.211. The van der Waals surface area contributed by atoms with E-state index in [-0.39, 0.29) is 6.61 Å². The molecule has 0 atom stereocenters. The van der Waals surface area contributed by atoms with E-state index in [1.54, 1.807) is 6.55 Å². The number of hydrogen-bond acceptors (Lipinski definition) is 6. The van der Waals surface area contributed by atoms with Gasteiger partial charge in [0, 0.05) is 42.0 Å². The van der Waals surface area contributed by atoms with E-state index >= 15 is 0 Å². The maximum atomic E-state index is 13.6. The third kappa shape index (κ3) is 6.90. The summed E-state index contributed by atoms with van der Waals surface area (Å²) in [5, 5.41) is 0.